The molecule has 1 unspecified atom stereocenters. The summed E-state index contributed by atoms with van der Waals surface area (Å²) in [5.74, 6) is -0.511. The average Bonchev–Trinajstić information content (AvgIpc) is 3.47. The Hall–Kier alpha value is -4.04. The van der Waals surface area contributed by atoms with Gasteiger partial charge in [-0.1, -0.05) is 0 Å². The van der Waals surface area contributed by atoms with Crippen LogP contribution in [0.25, 0.3) is 5.52 Å². The Bertz CT molecular complexity index is 1600. The fraction of sp³-hybridized carbons (Fsp3) is 0.231. The van der Waals surface area contributed by atoms with Crippen molar-refractivity contribution in [3.63, 3.8) is 0 Å². The number of sulfone groups is 1. The van der Waals surface area contributed by atoms with Crippen molar-refractivity contribution in [2.45, 2.75) is 36.6 Å². The molecular weight excluding hydrogens is 507 g/mol. The van der Waals surface area contributed by atoms with E-state index in [0.29, 0.717) is 22.3 Å². The van der Waals surface area contributed by atoms with Crippen LogP contribution in [-0.4, -0.2) is 30.4 Å². The van der Waals surface area contributed by atoms with E-state index in [-0.39, 0.29) is 29.2 Å². The van der Waals surface area contributed by atoms with Gasteiger partial charge in [-0.2, -0.15) is 18.4 Å². The van der Waals surface area contributed by atoms with Crippen LogP contribution in [-0.2, 0) is 32.0 Å². The Morgan fingerprint density at radius 3 is 2.46 bits per heavy atom. The van der Waals surface area contributed by atoms with Crippen LogP contribution in [0.15, 0.2) is 65.8 Å². The number of ether oxygens (including phenoxy) is 1. The minimum Gasteiger partial charge on any atom is -0.466 e. The number of hydrogen-bond acceptors (Lipinski definition) is 5. The second-order valence-corrected chi connectivity index (χ2v) is 10.4. The van der Waals surface area contributed by atoms with E-state index in [1.54, 1.807) is 48.8 Å². The van der Waals surface area contributed by atoms with E-state index < -0.39 is 32.8 Å². The Kier molecular flexibility index (Phi) is 6.88. The summed E-state index contributed by atoms with van der Waals surface area (Å²) in [5, 5.41) is 8.12. The minimum absolute atomic E-state index is 0.148. The number of aromatic nitrogens is 2. The lowest BCUT2D eigenvalue weighted by molar-refractivity contribution is -0.142. The number of hydrogen-bond donors (Lipinski definition) is 1. The van der Waals surface area contributed by atoms with Gasteiger partial charge in [-0.15, -0.1) is 0 Å². The van der Waals surface area contributed by atoms with Crippen molar-refractivity contribution in [3.8, 4) is 6.07 Å². The van der Waals surface area contributed by atoms with Crippen LogP contribution in [0.2, 0.25) is 0 Å². The zero-order chi connectivity index (χ0) is 27.0. The minimum atomic E-state index is -4.62. The molecule has 1 N–H and O–H groups in total. The molecule has 0 amide bonds. The fourth-order valence-electron chi connectivity index (χ4n) is 4.39. The molecule has 0 bridgehead atoms. The fourth-order valence-corrected chi connectivity index (χ4v) is 6.27. The number of fused-ring (bicyclic) bond motifs is 1. The van der Waals surface area contributed by atoms with Gasteiger partial charge in [0.1, 0.15) is 5.25 Å². The summed E-state index contributed by atoms with van der Waals surface area (Å²) in [4.78, 5) is 15.0. The van der Waals surface area contributed by atoms with E-state index in [1.807, 2.05) is 6.07 Å². The predicted molar refractivity (Wildman–Crippen MR) is 128 cm³/mol. The summed E-state index contributed by atoms with van der Waals surface area (Å²) in [6.45, 7) is 3.50. The third-order valence-corrected chi connectivity index (χ3v) is 8.13. The van der Waals surface area contributed by atoms with Gasteiger partial charge in [0, 0.05) is 29.3 Å². The molecule has 7 nitrogen and oxygen atoms in total. The van der Waals surface area contributed by atoms with Gasteiger partial charge in [0.2, 0.25) is 0 Å². The van der Waals surface area contributed by atoms with Gasteiger partial charge >= 0.3 is 12.1 Å². The first-order valence-electron chi connectivity index (χ1n) is 11.2. The summed E-state index contributed by atoms with van der Waals surface area (Å²) in [7, 11) is -4.31. The molecular formula is C26H22F3N3O4S. The van der Waals surface area contributed by atoms with Crippen molar-refractivity contribution < 1.29 is 31.1 Å². The maximum absolute atomic E-state index is 14.0. The number of nitrogens with zero attached hydrogens (tertiary/aromatic N) is 2. The molecule has 0 fully saturated rings. The van der Waals surface area contributed by atoms with E-state index in [9.17, 15) is 31.6 Å². The lowest BCUT2D eigenvalue weighted by atomic mass is 10.0. The van der Waals surface area contributed by atoms with E-state index >= 15 is 0 Å². The Morgan fingerprint density at radius 2 is 1.89 bits per heavy atom. The predicted octanol–water partition coefficient (Wildman–Crippen LogP) is 5.14. The van der Waals surface area contributed by atoms with Crippen molar-refractivity contribution in [1.82, 2.24) is 9.38 Å². The highest BCUT2D eigenvalue weighted by Crippen LogP contribution is 2.41. The smallest absolute Gasteiger partial charge is 0.416 e. The molecule has 0 radical (unpaired) electrons. The number of H-pyrrole nitrogens is 1. The van der Waals surface area contributed by atoms with Crippen LogP contribution in [0.4, 0.5) is 13.2 Å². The van der Waals surface area contributed by atoms with Crippen molar-refractivity contribution in [3.05, 3.63) is 94.6 Å². The number of aromatic amines is 1. The van der Waals surface area contributed by atoms with Gasteiger partial charge < -0.3 is 14.1 Å². The topological polar surface area (TPSA) is 104 Å². The third-order valence-electron chi connectivity index (χ3n) is 6.09. The number of nitrogens with one attached hydrogen (secondary N) is 1. The lowest BCUT2D eigenvalue weighted by Crippen LogP contribution is -2.17. The number of pyridine rings is 1. The highest BCUT2D eigenvalue weighted by atomic mass is 32.2. The number of carbonyl (C=O) groups is 1. The number of halogens is 3. The van der Waals surface area contributed by atoms with Gasteiger partial charge in [0.05, 0.1) is 40.6 Å². The van der Waals surface area contributed by atoms with E-state index in [2.05, 4.69) is 4.98 Å². The molecule has 3 aromatic heterocycles. The van der Waals surface area contributed by atoms with Crippen LogP contribution in [0.3, 0.4) is 0 Å². The summed E-state index contributed by atoms with van der Waals surface area (Å²) in [6.07, 6.45) is -1.65. The van der Waals surface area contributed by atoms with Gasteiger partial charge in [-0.3, -0.25) is 4.79 Å². The lowest BCUT2D eigenvalue weighted by Gasteiger charge is -2.19. The van der Waals surface area contributed by atoms with Crippen LogP contribution >= 0.6 is 0 Å². The van der Waals surface area contributed by atoms with Gasteiger partial charge in [0.25, 0.3) is 0 Å². The van der Waals surface area contributed by atoms with Crippen LogP contribution in [0.5, 0.6) is 0 Å². The Balaban J connectivity index is 1.98. The summed E-state index contributed by atoms with van der Waals surface area (Å²) in [5.41, 5.74) is 1.23. The van der Waals surface area contributed by atoms with Gasteiger partial charge in [-0.25, -0.2) is 8.42 Å². The molecule has 0 aliphatic rings. The monoisotopic (exact) mass is 529 g/mol. The van der Waals surface area contributed by atoms with Crippen LogP contribution in [0.1, 0.15) is 45.8 Å². The highest BCUT2D eigenvalue weighted by molar-refractivity contribution is 7.92. The number of alkyl halides is 3. The number of carbonyl (C=O) groups excluding carboxylic acids is 1. The first-order valence-corrected chi connectivity index (χ1v) is 12.8. The van der Waals surface area contributed by atoms with Crippen LogP contribution < -0.4 is 0 Å². The van der Waals surface area contributed by atoms with E-state index in [0.717, 1.165) is 24.3 Å². The normalized spacial score (nSPS) is 12.9. The maximum atomic E-state index is 14.0. The average molecular weight is 530 g/mol. The molecule has 0 saturated heterocycles. The second kappa shape index (κ2) is 9.78. The Labute approximate surface area is 211 Å². The summed E-state index contributed by atoms with van der Waals surface area (Å²) >= 11 is 0. The summed E-state index contributed by atoms with van der Waals surface area (Å²) in [6, 6.07) is 11.6. The standard InChI is InChI=1S/C26H22F3N3O4S/c1-3-36-23(33)14-21-16(2)24(22-13-17(15-30)10-12-32(21)22)25(20-5-4-11-31-20)37(34,35)19-8-6-18(7-9-19)26(27,28)29/h4-13,25,31H,3,14H2,1-2H3. The van der Waals surface area contributed by atoms with Crippen LogP contribution in [0, 0.1) is 18.3 Å². The molecule has 3 heterocycles. The van der Waals surface area contributed by atoms with E-state index in [1.165, 1.54) is 6.07 Å². The Morgan fingerprint density at radius 1 is 1.19 bits per heavy atom. The molecule has 37 heavy (non-hydrogen) atoms. The second-order valence-electron chi connectivity index (χ2n) is 8.32. The molecule has 0 saturated carbocycles. The molecule has 0 aliphatic carbocycles. The largest absolute Gasteiger partial charge is 0.466 e. The van der Waals surface area contributed by atoms with Gasteiger partial charge in [0.15, 0.2) is 9.84 Å². The van der Waals surface area contributed by atoms with Crippen molar-refractivity contribution >= 4 is 21.3 Å². The van der Waals surface area contributed by atoms with Crippen molar-refractivity contribution in [2.75, 3.05) is 6.61 Å². The van der Waals surface area contributed by atoms with Crippen molar-refractivity contribution in [1.29, 1.82) is 5.26 Å². The molecule has 4 aromatic rings. The molecule has 1 atom stereocenters. The number of benzene rings is 1. The quantitative estimate of drug-likeness (QED) is 0.334. The highest BCUT2D eigenvalue weighted by Gasteiger charge is 2.37. The maximum Gasteiger partial charge on any atom is 0.416 e. The zero-order valence-corrected chi connectivity index (χ0v) is 20.7. The first kappa shape index (κ1) is 26.0. The molecule has 11 heteroatoms. The molecule has 1 aromatic carbocycles. The molecule has 0 spiro atoms. The van der Waals surface area contributed by atoms with E-state index in [4.69, 9.17) is 4.74 Å². The van der Waals surface area contributed by atoms with Gasteiger partial charge in [-0.05, 0) is 67.9 Å². The van der Waals surface area contributed by atoms with Crippen molar-refractivity contribution in [2.24, 2.45) is 0 Å². The summed E-state index contributed by atoms with van der Waals surface area (Å²) < 4.78 is 74.1. The first-order chi connectivity index (χ1) is 17.5. The zero-order valence-electron chi connectivity index (χ0n) is 19.8. The molecule has 0 aliphatic heterocycles. The molecule has 4 rings (SSSR count). The number of esters is 1. The number of nitriles is 1. The SMILES string of the molecule is CCOC(=O)Cc1c(C)c(C(c2ccc[nH]2)S(=O)(=O)c2ccc(C(F)(F)F)cc2)c2cc(C#N)ccn12. The molecule has 192 valence electrons. The third kappa shape index (κ3) is 4.84. The number of rotatable bonds is 7.